The summed E-state index contributed by atoms with van der Waals surface area (Å²) in [7, 11) is 0. The van der Waals surface area contributed by atoms with Crippen LogP contribution in [0.2, 0.25) is 0 Å². The van der Waals surface area contributed by atoms with E-state index in [4.69, 9.17) is 0 Å². The molecule has 0 bridgehead atoms. The highest BCUT2D eigenvalue weighted by Crippen LogP contribution is 2.17. The van der Waals surface area contributed by atoms with Gasteiger partial charge in [0.05, 0.1) is 0 Å². The van der Waals surface area contributed by atoms with Gasteiger partial charge in [-0.05, 0) is 31.4 Å². The Bertz CT molecular complexity index is 378. The fourth-order valence-electron chi connectivity index (χ4n) is 1.95. The molecule has 2 heterocycles. The monoisotopic (exact) mass is 219 g/mol. The standard InChI is InChI=1S/C12H17N3O/c1-9-8-13-6-4-11(9)15-10-3-2-5-14-12(16)7-10/h4,6,8,10H,2-3,5,7H2,1H3,(H,13,15)(H,14,16). The van der Waals surface area contributed by atoms with Crippen molar-refractivity contribution in [2.45, 2.75) is 32.2 Å². The van der Waals surface area contributed by atoms with Gasteiger partial charge in [-0.25, -0.2) is 0 Å². The molecule has 1 aromatic heterocycles. The number of aryl methyl sites for hydroxylation is 1. The van der Waals surface area contributed by atoms with E-state index >= 15 is 0 Å². The molecule has 1 aromatic rings. The first-order valence-electron chi connectivity index (χ1n) is 5.69. The van der Waals surface area contributed by atoms with Gasteiger partial charge in [0.25, 0.3) is 0 Å². The van der Waals surface area contributed by atoms with Gasteiger partial charge in [-0.15, -0.1) is 0 Å². The summed E-state index contributed by atoms with van der Waals surface area (Å²) in [5.74, 6) is 0.140. The predicted octanol–water partition coefficient (Wildman–Crippen LogP) is 1.47. The van der Waals surface area contributed by atoms with Crippen LogP contribution in [0, 0.1) is 6.92 Å². The maximum atomic E-state index is 11.4. The van der Waals surface area contributed by atoms with Crippen LogP contribution < -0.4 is 10.6 Å². The number of hydrogen-bond acceptors (Lipinski definition) is 3. The lowest BCUT2D eigenvalue weighted by molar-refractivity contribution is -0.120. The second-order valence-electron chi connectivity index (χ2n) is 4.23. The maximum absolute atomic E-state index is 11.4. The lowest BCUT2D eigenvalue weighted by Crippen LogP contribution is -2.27. The third-order valence-corrected chi connectivity index (χ3v) is 2.86. The van der Waals surface area contributed by atoms with Gasteiger partial charge < -0.3 is 10.6 Å². The molecule has 1 fully saturated rings. The molecule has 1 unspecified atom stereocenters. The molecule has 1 saturated heterocycles. The normalized spacial score (nSPS) is 21.1. The van der Waals surface area contributed by atoms with Gasteiger partial charge in [0.2, 0.25) is 5.91 Å². The van der Waals surface area contributed by atoms with Crippen molar-refractivity contribution in [3.8, 4) is 0 Å². The lowest BCUT2D eigenvalue weighted by atomic mass is 10.1. The van der Waals surface area contributed by atoms with Gasteiger partial charge in [0.1, 0.15) is 0 Å². The van der Waals surface area contributed by atoms with Crippen LogP contribution in [-0.4, -0.2) is 23.5 Å². The van der Waals surface area contributed by atoms with E-state index in [1.54, 1.807) is 6.20 Å². The van der Waals surface area contributed by atoms with E-state index in [1.165, 1.54) is 0 Å². The van der Waals surface area contributed by atoms with Gasteiger partial charge >= 0.3 is 0 Å². The molecule has 1 aliphatic heterocycles. The summed E-state index contributed by atoms with van der Waals surface area (Å²) < 4.78 is 0. The number of amides is 1. The summed E-state index contributed by atoms with van der Waals surface area (Å²) in [5, 5.41) is 6.30. The molecule has 4 heteroatoms. The summed E-state index contributed by atoms with van der Waals surface area (Å²) in [6, 6.07) is 2.20. The van der Waals surface area contributed by atoms with Gasteiger partial charge in [-0.1, -0.05) is 0 Å². The van der Waals surface area contributed by atoms with Gasteiger partial charge in [-0.3, -0.25) is 9.78 Å². The molecular weight excluding hydrogens is 202 g/mol. The van der Waals surface area contributed by atoms with Crippen molar-refractivity contribution in [3.63, 3.8) is 0 Å². The van der Waals surface area contributed by atoms with Crippen molar-refractivity contribution in [2.24, 2.45) is 0 Å². The smallest absolute Gasteiger partial charge is 0.222 e. The van der Waals surface area contributed by atoms with E-state index in [9.17, 15) is 4.79 Å². The number of anilines is 1. The molecule has 2 rings (SSSR count). The molecule has 1 amide bonds. The van der Waals surface area contributed by atoms with Gasteiger partial charge in [-0.2, -0.15) is 0 Å². The summed E-state index contributed by atoms with van der Waals surface area (Å²) in [5.41, 5.74) is 2.20. The second kappa shape index (κ2) is 4.96. The Morgan fingerprint density at radius 3 is 3.25 bits per heavy atom. The largest absolute Gasteiger partial charge is 0.381 e. The van der Waals surface area contributed by atoms with Crippen molar-refractivity contribution < 1.29 is 4.79 Å². The first kappa shape index (κ1) is 10.9. The Hall–Kier alpha value is -1.58. The molecule has 1 aliphatic rings. The zero-order valence-corrected chi connectivity index (χ0v) is 9.49. The minimum absolute atomic E-state index is 0.140. The Balaban J connectivity index is 2.03. The number of nitrogens with one attached hydrogen (secondary N) is 2. The average molecular weight is 219 g/mol. The highest BCUT2D eigenvalue weighted by atomic mass is 16.1. The Kier molecular flexibility index (Phi) is 3.39. The predicted molar refractivity (Wildman–Crippen MR) is 63.2 cm³/mol. The van der Waals surface area contributed by atoms with E-state index < -0.39 is 0 Å². The Morgan fingerprint density at radius 1 is 1.56 bits per heavy atom. The minimum atomic E-state index is 0.140. The third kappa shape index (κ3) is 2.72. The molecule has 0 radical (unpaired) electrons. The fourth-order valence-corrected chi connectivity index (χ4v) is 1.95. The SMILES string of the molecule is Cc1cnccc1NC1CCCNC(=O)C1. The number of hydrogen-bond donors (Lipinski definition) is 2. The highest BCUT2D eigenvalue weighted by molar-refractivity contribution is 5.77. The second-order valence-corrected chi connectivity index (χ2v) is 4.23. The Labute approximate surface area is 95.5 Å². The van der Waals surface area contributed by atoms with Gasteiger partial charge in [0.15, 0.2) is 0 Å². The number of nitrogens with zero attached hydrogens (tertiary/aromatic N) is 1. The third-order valence-electron chi connectivity index (χ3n) is 2.86. The first-order valence-corrected chi connectivity index (χ1v) is 5.69. The topological polar surface area (TPSA) is 54.0 Å². The summed E-state index contributed by atoms with van der Waals surface area (Å²) in [4.78, 5) is 15.5. The van der Waals surface area contributed by atoms with Crippen molar-refractivity contribution in [2.75, 3.05) is 11.9 Å². The van der Waals surface area contributed by atoms with Crippen LogP contribution in [0.5, 0.6) is 0 Å². The molecule has 2 N–H and O–H groups in total. The highest BCUT2D eigenvalue weighted by Gasteiger charge is 2.17. The van der Waals surface area contributed by atoms with Crippen molar-refractivity contribution in [1.29, 1.82) is 0 Å². The van der Waals surface area contributed by atoms with E-state index in [2.05, 4.69) is 15.6 Å². The number of pyridine rings is 1. The zero-order chi connectivity index (χ0) is 11.4. The number of aromatic nitrogens is 1. The van der Waals surface area contributed by atoms with Crippen LogP contribution in [0.15, 0.2) is 18.5 Å². The van der Waals surface area contributed by atoms with Crippen LogP contribution in [0.4, 0.5) is 5.69 Å². The van der Waals surface area contributed by atoms with E-state index in [0.29, 0.717) is 6.42 Å². The van der Waals surface area contributed by atoms with Crippen molar-refractivity contribution in [1.82, 2.24) is 10.3 Å². The molecule has 0 spiro atoms. The van der Waals surface area contributed by atoms with Crippen LogP contribution in [0.25, 0.3) is 0 Å². The van der Waals surface area contributed by atoms with E-state index in [0.717, 1.165) is 30.6 Å². The number of carbonyl (C=O) groups excluding carboxylic acids is 1. The van der Waals surface area contributed by atoms with Crippen LogP contribution >= 0.6 is 0 Å². The number of carbonyl (C=O) groups is 1. The zero-order valence-electron chi connectivity index (χ0n) is 9.49. The number of rotatable bonds is 2. The molecular formula is C12H17N3O. The van der Waals surface area contributed by atoms with Gasteiger partial charge in [0, 0.05) is 37.1 Å². The molecule has 4 nitrogen and oxygen atoms in total. The molecule has 86 valence electrons. The lowest BCUT2D eigenvalue weighted by Gasteiger charge is -2.17. The van der Waals surface area contributed by atoms with Crippen LogP contribution in [0.1, 0.15) is 24.8 Å². The minimum Gasteiger partial charge on any atom is -0.381 e. The average Bonchev–Trinajstić information content (AvgIpc) is 2.46. The molecule has 0 aliphatic carbocycles. The Morgan fingerprint density at radius 2 is 2.44 bits per heavy atom. The molecule has 0 saturated carbocycles. The fraction of sp³-hybridized carbons (Fsp3) is 0.500. The maximum Gasteiger partial charge on any atom is 0.222 e. The van der Waals surface area contributed by atoms with E-state index in [1.807, 2.05) is 19.2 Å². The van der Waals surface area contributed by atoms with Crippen LogP contribution in [-0.2, 0) is 4.79 Å². The summed E-state index contributed by atoms with van der Waals surface area (Å²) >= 11 is 0. The first-order chi connectivity index (χ1) is 7.75. The summed E-state index contributed by atoms with van der Waals surface area (Å²) in [6.45, 7) is 2.82. The molecule has 16 heavy (non-hydrogen) atoms. The van der Waals surface area contributed by atoms with Crippen LogP contribution in [0.3, 0.4) is 0 Å². The van der Waals surface area contributed by atoms with E-state index in [-0.39, 0.29) is 11.9 Å². The van der Waals surface area contributed by atoms with Crippen molar-refractivity contribution in [3.05, 3.63) is 24.0 Å². The van der Waals surface area contributed by atoms with Crippen molar-refractivity contribution >= 4 is 11.6 Å². The molecule has 0 aromatic carbocycles. The summed E-state index contributed by atoms with van der Waals surface area (Å²) in [6.07, 6.45) is 6.22. The quantitative estimate of drug-likeness (QED) is 0.792. The molecule has 1 atom stereocenters.